The highest BCUT2D eigenvalue weighted by Gasteiger charge is 2.15. The summed E-state index contributed by atoms with van der Waals surface area (Å²) in [5, 5.41) is 16.2. The van der Waals surface area contributed by atoms with Crippen LogP contribution in [0.15, 0.2) is 30.7 Å². The highest BCUT2D eigenvalue weighted by atomic mass is 19.1. The first-order chi connectivity index (χ1) is 11.1. The topological polar surface area (TPSA) is 88.1 Å². The van der Waals surface area contributed by atoms with Gasteiger partial charge < -0.3 is 10.1 Å². The zero-order valence-electron chi connectivity index (χ0n) is 12.5. The SMILES string of the molecule is COc1ncc(F)cc1[C@@H](C)Nc1ccn2ncc(C#N)c2n1. The molecule has 7 nitrogen and oxygen atoms in total. The fourth-order valence-corrected chi connectivity index (χ4v) is 2.25. The van der Waals surface area contributed by atoms with E-state index in [1.807, 2.05) is 13.0 Å². The van der Waals surface area contributed by atoms with Crippen LogP contribution in [0.3, 0.4) is 0 Å². The van der Waals surface area contributed by atoms with Crippen molar-refractivity contribution in [3.8, 4) is 11.9 Å². The van der Waals surface area contributed by atoms with Gasteiger partial charge in [0, 0.05) is 11.8 Å². The number of ether oxygens (including phenoxy) is 1. The smallest absolute Gasteiger partial charge is 0.218 e. The summed E-state index contributed by atoms with van der Waals surface area (Å²) in [6, 6.07) is 4.82. The maximum absolute atomic E-state index is 13.4. The van der Waals surface area contributed by atoms with Crippen molar-refractivity contribution in [3.63, 3.8) is 0 Å². The maximum atomic E-state index is 13.4. The minimum atomic E-state index is -0.444. The van der Waals surface area contributed by atoms with Crippen LogP contribution in [0, 0.1) is 17.1 Å². The lowest BCUT2D eigenvalue weighted by Gasteiger charge is -2.17. The van der Waals surface area contributed by atoms with E-state index in [4.69, 9.17) is 10.00 Å². The molecule has 0 spiro atoms. The lowest BCUT2D eigenvalue weighted by Crippen LogP contribution is -2.11. The lowest BCUT2D eigenvalue weighted by molar-refractivity contribution is 0.388. The van der Waals surface area contributed by atoms with Gasteiger partial charge in [0.15, 0.2) is 5.65 Å². The predicted molar refractivity (Wildman–Crippen MR) is 80.5 cm³/mol. The summed E-state index contributed by atoms with van der Waals surface area (Å²) in [6.07, 6.45) is 4.25. The van der Waals surface area contributed by atoms with Crippen molar-refractivity contribution in [2.24, 2.45) is 0 Å². The minimum absolute atomic E-state index is 0.295. The van der Waals surface area contributed by atoms with Crippen molar-refractivity contribution in [3.05, 3.63) is 47.7 Å². The Bertz CT molecular complexity index is 901. The first kappa shape index (κ1) is 14.7. The van der Waals surface area contributed by atoms with Crippen molar-refractivity contribution in [2.45, 2.75) is 13.0 Å². The average molecular weight is 312 g/mol. The second-order valence-electron chi connectivity index (χ2n) is 4.87. The first-order valence-corrected chi connectivity index (χ1v) is 6.83. The molecule has 3 heterocycles. The van der Waals surface area contributed by atoms with E-state index in [2.05, 4.69) is 20.4 Å². The average Bonchev–Trinajstić information content (AvgIpc) is 2.97. The van der Waals surface area contributed by atoms with Gasteiger partial charge in [0.05, 0.1) is 25.5 Å². The van der Waals surface area contributed by atoms with E-state index in [1.54, 1.807) is 12.3 Å². The molecule has 0 aliphatic rings. The largest absolute Gasteiger partial charge is 0.481 e. The highest BCUT2D eigenvalue weighted by Crippen LogP contribution is 2.26. The predicted octanol–water partition coefficient (Wildman–Crippen LogP) is 2.32. The van der Waals surface area contributed by atoms with Crippen LogP contribution in [0.5, 0.6) is 5.88 Å². The standard InChI is InChI=1S/C15H13FN6O/c1-9(12-5-11(16)8-18-15(12)23-2)20-13-3-4-22-14(21-13)10(6-17)7-19-22/h3-5,7-9H,1-2H3,(H,20,21)/t9-/m1/s1. The maximum Gasteiger partial charge on any atom is 0.218 e. The summed E-state index contributed by atoms with van der Waals surface area (Å²) in [4.78, 5) is 8.27. The summed E-state index contributed by atoms with van der Waals surface area (Å²) in [6.45, 7) is 1.84. The number of anilines is 1. The monoisotopic (exact) mass is 312 g/mol. The van der Waals surface area contributed by atoms with Gasteiger partial charge in [0.2, 0.25) is 5.88 Å². The summed E-state index contributed by atoms with van der Waals surface area (Å²) < 4.78 is 20.1. The second kappa shape index (κ2) is 5.88. The lowest BCUT2D eigenvalue weighted by atomic mass is 10.1. The van der Waals surface area contributed by atoms with E-state index in [9.17, 15) is 4.39 Å². The number of nitrogens with zero attached hydrogens (tertiary/aromatic N) is 5. The van der Waals surface area contributed by atoms with Crippen molar-refractivity contribution >= 4 is 11.5 Å². The number of pyridine rings is 1. The third kappa shape index (κ3) is 2.76. The van der Waals surface area contributed by atoms with Gasteiger partial charge in [0.25, 0.3) is 0 Å². The summed E-state index contributed by atoms with van der Waals surface area (Å²) in [5.74, 6) is 0.434. The molecule has 0 amide bonds. The molecule has 3 aromatic rings. The van der Waals surface area contributed by atoms with E-state index in [-0.39, 0.29) is 6.04 Å². The van der Waals surface area contributed by atoms with E-state index < -0.39 is 5.82 Å². The van der Waals surface area contributed by atoms with E-state index in [0.29, 0.717) is 28.5 Å². The van der Waals surface area contributed by atoms with Crippen LogP contribution in [-0.2, 0) is 0 Å². The van der Waals surface area contributed by atoms with Crippen LogP contribution >= 0.6 is 0 Å². The fourth-order valence-electron chi connectivity index (χ4n) is 2.25. The van der Waals surface area contributed by atoms with E-state index >= 15 is 0 Å². The number of nitrogens with one attached hydrogen (secondary N) is 1. The van der Waals surface area contributed by atoms with Gasteiger partial charge in [0.1, 0.15) is 23.3 Å². The molecule has 0 radical (unpaired) electrons. The van der Waals surface area contributed by atoms with Gasteiger partial charge >= 0.3 is 0 Å². The molecule has 0 saturated carbocycles. The van der Waals surface area contributed by atoms with Crippen molar-refractivity contribution in [1.82, 2.24) is 19.6 Å². The number of nitriles is 1. The number of fused-ring (bicyclic) bond motifs is 1. The Hall–Kier alpha value is -3.21. The molecule has 0 aliphatic heterocycles. The molecular weight excluding hydrogens is 299 g/mol. The zero-order chi connectivity index (χ0) is 16.4. The number of halogens is 1. The molecular formula is C15H13FN6O. The Morgan fingerprint density at radius 1 is 1.43 bits per heavy atom. The van der Waals surface area contributed by atoms with Gasteiger partial charge in [-0.1, -0.05) is 0 Å². The fraction of sp³-hybridized carbons (Fsp3) is 0.200. The Balaban J connectivity index is 1.92. The highest BCUT2D eigenvalue weighted by molar-refractivity contribution is 5.57. The van der Waals surface area contributed by atoms with E-state index in [0.717, 1.165) is 6.20 Å². The number of methoxy groups -OCH3 is 1. The molecule has 3 rings (SSSR count). The van der Waals surface area contributed by atoms with Gasteiger partial charge in [-0.05, 0) is 19.1 Å². The van der Waals surface area contributed by atoms with Crippen LogP contribution in [-0.4, -0.2) is 26.7 Å². The Labute approximate surface area is 131 Å². The van der Waals surface area contributed by atoms with Gasteiger partial charge in [-0.15, -0.1) is 0 Å². The van der Waals surface area contributed by atoms with Crippen LogP contribution in [0.25, 0.3) is 5.65 Å². The van der Waals surface area contributed by atoms with Gasteiger partial charge in [-0.3, -0.25) is 0 Å². The van der Waals surface area contributed by atoms with Crippen LogP contribution in [0.4, 0.5) is 10.2 Å². The van der Waals surface area contributed by atoms with E-state index in [1.165, 1.54) is 23.9 Å². The molecule has 0 aromatic carbocycles. The number of hydrogen-bond donors (Lipinski definition) is 1. The summed E-state index contributed by atoms with van der Waals surface area (Å²) >= 11 is 0. The quantitative estimate of drug-likeness (QED) is 0.795. The van der Waals surface area contributed by atoms with Crippen LogP contribution < -0.4 is 10.1 Å². The van der Waals surface area contributed by atoms with Crippen molar-refractivity contribution in [1.29, 1.82) is 5.26 Å². The summed E-state index contributed by atoms with van der Waals surface area (Å²) in [7, 11) is 1.48. The normalized spacial score (nSPS) is 11.9. The van der Waals surface area contributed by atoms with Crippen molar-refractivity contribution in [2.75, 3.05) is 12.4 Å². The third-order valence-corrected chi connectivity index (χ3v) is 3.36. The van der Waals surface area contributed by atoms with Crippen molar-refractivity contribution < 1.29 is 9.13 Å². The number of hydrogen-bond acceptors (Lipinski definition) is 6. The van der Waals surface area contributed by atoms with Crippen LogP contribution in [0.2, 0.25) is 0 Å². The molecule has 0 unspecified atom stereocenters. The molecule has 0 saturated heterocycles. The third-order valence-electron chi connectivity index (χ3n) is 3.36. The molecule has 0 fully saturated rings. The Morgan fingerprint density at radius 2 is 2.26 bits per heavy atom. The minimum Gasteiger partial charge on any atom is -0.481 e. The molecule has 23 heavy (non-hydrogen) atoms. The zero-order valence-corrected chi connectivity index (χ0v) is 12.5. The molecule has 8 heteroatoms. The number of rotatable bonds is 4. The second-order valence-corrected chi connectivity index (χ2v) is 4.87. The molecule has 1 N–H and O–H groups in total. The van der Waals surface area contributed by atoms with Gasteiger partial charge in [-0.2, -0.15) is 10.4 Å². The molecule has 1 atom stereocenters. The summed E-state index contributed by atoms with van der Waals surface area (Å²) in [5.41, 5.74) is 1.41. The van der Waals surface area contributed by atoms with Gasteiger partial charge in [-0.25, -0.2) is 18.9 Å². The Kier molecular flexibility index (Phi) is 3.76. The first-order valence-electron chi connectivity index (χ1n) is 6.83. The molecule has 0 aliphatic carbocycles. The Morgan fingerprint density at radius 3 is 3.00 bits per heavy atom. The number of aromatic nitrogens is 4. The van der Waals surface area contributed by atoms with Crippen LogP contribution in [0.1, 0.15) is 24.1 Å². The molecule has 0 bridgehead atoms. The molecule has 116 valence electrons. The molecule has 3 aromatic heterocycles.